The molecule has 2 heterocycles. The Morgan fingerprint density at radius 2 is 1.93 bits per heavy atom. The predicted molar refractivity (Wildman–Crippen MR) is 115 cm³/mol. The predicted octanol–water partition coefficient (Wildman–Crippen LogP) is 4.10. The van der Waals surface area contributed by atoms with E-state index in [-0.39, 0.29) is 5.91 Å². The summed E-state index contributed by atoms with van der Waals surface area (Å²) in [4.78, 5) is 20.1. The Morgan fingerprint density at radius 1 is 1.14 bits per heavy atom. The van der Waals surface area contributed by atoms with Gasteiger partial charge in [0.2, 0.25) is 0 Å². The standard InChI is InChI=1S/C22H22N2O4S/c1-26-11-5-10-24-21(25)20(29-22(24)23-17-6-3-2-4-7-17)15-16-8-9-18-19(14-16)28-13-12-27-18/h2-4,6-9,14-15H,5,10-13H2,1H3/b20-15-,23-22?. The first-order valence-electron chi connectivity index (χ1n) is 9.48. The van der Waals surface area contributed by atoms with Crippen molar-refractivity contribution in [3.05, 3.63) is 59.0 Å². The van der Waals surface area contributed by atoms with Crippen molar-refractivity contribution in [2.75, 3.05) is 33.5 Å². The number of carbonyl (C=O) groups is 1. The monoisotopic (exact) mass is 410 g/mol. The third-order valence-corrected chi connectivity index (χ3v) is 5.47. The number of para-hydroxylation sites is 1. The van der Waals surface area contributed by atoms with Crippen LogP contribution in [-0.4, -0.2) is 49.4 Å². The van der Waals surface area contributed by atoms with Gasteiger partial charge in [0.1, 0.15) is 13.2 Å². The van der Waals surface area contributed by atoms with Gasteiger partial charge in [-0.2, -0.15) is 0 Å². The Balaban J connectivity index is 1.61. The molecule has 4 rings (SSSR count). The molecule has 0 atom stereocenters. The highest BCUT2D eigenvalue weighted by atomic mass is 32.2. The van der Waals surface area contributed by atoms with Crippen LogP contribution < -0.4 is 9.47 Å². The number of nitrogens with zero attached hydrogens (tertiary/aromatic N) is 2. The van der Waals surface area contributed by atoms with E-state index in [0.717, 1.165) is 23.4 Å². The zero-order valence-electron chi connectivity index (χ0n) is 16.2. The molecular formula is C22H22N2O4S. The van der Waals surface area contributed by atoms with Gasteiger partial charge < -0.3 is 14.2 Å². The summed E-state index contributed by atoms with van der Waals surface area (Å²) in [6.07, 6.45) is 2.62. The fraction of sp³-hybridized carbons (Fsp3) is 0.273. The summed E-state index contributed by atoms with van der Waals surface area (Å²) in [7, 11) is 1.66. The van der Waals surface area contributed by atoms with E-state index in [4.69, 9.17) is 14.2 Å². The van der Waals surface area contributed by atoms with Gasteiger partial charge in [0.15, 0.2) is 16.7 Å². The molecule has 7 heteroatoms. The van der Waals surface area contributed by atoms with Gasteiger partial charge in [0, 0.05) is 20.3 Å². The van der Waals surface area contributed by atoms with Crippen LogP contribution in [0.15, 0.2) is 58.4 Å². The zero-order valence-corrected chi connectivity index (χ0v) is 17.0. The Hall–Kier alpha value is -2.77. The summed E-state index contributed by atoms with van der Waals surface area (Å²) in [6.45, 7) is 2.23. The molecular weight excluding hydrogens is 388 g/mol. The molecule has 2 aliphatic heterocycles. The van der Waals surface area contributed by atoms with Gasteiger partial charge in [-0.3, -0.25) is 9.69 Å². The van der Waals surface area contributed by atoms with Gasteiger partial charge in [-0.25, -0.2) is 4.99 Å². The lowest BCUT2D eigenvalue weighted by Crippen LogP contribution is -2.30. The molecule has 2 aromatic rings. The van der Waals surface area contributed by atoms with Crippen molar-refractivity contribution < 1.29 is 19.0 Å². The Bertz CT molecular complexity index is 943. The molecule has 29 heavy (non-hydrogen) atoms. The number of benzene rings is 2. The second kappa shape index (κ2) is 9.15. The van der Waals surface area contributed by atoms with E-state index in [0.29, 0.717) is 42.2 Å². The number of methoxy groups -OCH3 is 1. The number of ether oxygens (including phenoxy) is 3. The van der Waals surface area contributed by atoms with Gasteiger partial charge in [0.25, 0.3) is 5.91 Å². The van der Waals surface area contributed by atoms with Crippen molar-refractivity contribution in [3.63, 3.8) is 0 Å². The van der Waals surface area contributed by atoms with Crippen molar-refractivity contribution in [2.45, 2.75) is 6.42 Å². The maximum absolute atomic E-state index is 13.1. The van der Waals surface area contributed by atoms with Crippen molar-refractivity contribution in [1.29, 1.82) is 0 Å². The molecule has 0 aliphatic carbocycles. The van der Waals surface area contributed by atoms with Crippen LogP contribution in [0.2, 0.25) is 0 Å². The smallest absolute Gasteiger partial charge is 0.266 e. The van der Waals surface area contributed by atoms with E-state index >= 15 is 0 Å². The number of amidine groups is 1. The molecule has 0 spiro atoms. The molecule has 1 saturated heterocycles. The van der Waals surface area contributed by atoms with Crippen LogP contribution in [0.5, 0.6) is 11.5 Å². The summed E-state index contributed by atoms with van der Waals surface area (Å²) in [5.74, 6) is 1.39. The number of amides is 1. The summed E-state index contributed by atoms with van der Waals surface area (Å²) < 4.78 is 16.4. The van der Waals surface area contributed by atoms with Crippen molar-refractivity contribution in [1.82, 2.24) is 4.90 Å². The third kappa shape index (κ3) is 4.63. The van der Waals surface area contributed by atoms with Gasteiger partial charge in [-0.15, -0.1) is 0 Å². The molecule has 0 unspecified atom stereocenters. The normalized spacial score (nSPS) is 18.7. The molecule has 0 saturated carbocycles. The minimum atomic E-state index is -0.0457. The van der Waals surface area contributed by atoms with Crippen LogP contribution >= 0.6 is 11.8 Å². The molecule has 2 aromatic carbocycles. The number of fused-ring (bicyclic) bond motifs is 1. The maximum Gasteiger partial charge on any atom is 0.266 e. The molecule has 0 aromatic heterocycles. The van der Waals surface area contributed by atoms with Crippen LogP contribution in [0.25, 0.3) is 6.08 Å². The quantitative estimate of drug-likeness (QED) is 0.530. The lowest BCUT2D eigenvalue weighted by atomic mass is 10.1. The Kier molecular flexibility index (Phi) is 6.17. The second-order valence-electron chi connectivity index (χ2n) is 6.55. The van der Waals surface area contributed by atoms with Gasteiger partial charge in [0.05, 0.1) is 10.6 Å². The van der Waals surface area contributed by atoms with Crippen molar-refractivity contribution >= 4 is 34.6 Å². The average molecular weight is 410 g/mol. The highest BCUT2D eigenvalue weighted by Crippen LogP contribution is 2.36. The summed E-state index contributed by atoms with van der Waals surface area (Å²) >= 11 is 1.39. The zero-order chi connectivity index (χ0) is 20.1. The molecule has 6 nitrogen and oxygen atoms in total. The fourth-order valence-corrected chi connectivity index (χ4v) is 4.09. The number of hydrogen-bond acceptors (Lipinski definition) is 6. The van der Waals surface area contributed by atoms with Gasteiger partial charge in [-0.1, -0.05) is 24.3 Å². The van der Waals surface area contributed by atoms with E-state index in [2.05, 4.69) is 4.99 Å². The van der Waals surface area contributed by atoms with Crippen LogP contribution in [0.3, 0.4) is 0 Å². The first kappa shape index (κ1) is 19.5. The van der Waals surface area contributed by atoms with Crippen molar-refractivity contribution in [2.24, 2.45) is 4.99 Å². The topological polar surface area (TPSA) is 60.4 Å². The molecule has 1 amide bonds. The lowest BCUT2D eigenvalue weighted by molar-refractivity contribution is -0.122. The highest BCUT2D eigenvalue weighted by Gasteiger charge is 2.33. The van der Waals surface area contributed by atoms with Gasteiger partial charge in [-0.05, 0) is 54.1 Å². The van der Waals surface area contributed by atoms with Crippen molar-refractivity contribution in [3.8, 4) is 11.5 Å². The fourth-order valence-electron chi connectivity index (χ4n) is 3.07. The third-order valence-electron chi connectivity index (χ3n) is 4.46. The minimum Gasteiger partial charge on any atom is -0.486 e. The number of rotatable bonds is 6. The minimum absolute atomic E-state index is 0.0457. The van der Waals surface area contributed by atoms with Crippen LogP contribution in [-0.2, 0) is 9.53 Å². The molecule has 2 aliphatic rings. The van der Waals surface area contributed by atoms with E-state index < -0.39 is 0 Å². The Morgan fingerprint density at radius 3 is 2.72 bits per heavy atom. The molecule has 0 bridgehead atoms. The highest BCUT2D eigenvalue weighted by molar-refractivity contribution is 8.18. The summed E-state index contributed by atoms with van der Waals surface area (Å²) in [6, 6.07) is 15.4. The molecule has 150 valence electrons. The molecule has 0 N–H and O–H groups in total. The van der Waals surface area contributed by atoms with Gasteiger partial charge >= 0.3 is 0 Å². The first-order chi connectivity index (χ1) is 14.2. The molecule has 0 radical (unpaired) electrons. The SMILES string of the molecule is COCCCN1C(=O)/C(=C/c2ccc3c(c2)OCCO3)SC1=Nc1ccccc1. The number of thioether (sulfide) groups is 1. The first-order valence-corrected chi connectivity index (χ1v) is 10.3. The van der Waals surface area contributed by atoms with E-state index in [9.17, 15) is 4.79 Å². The number of aliphatic imine (C=N–C) groups is 1. The van der Waals surface area contributed by atoms with E-state index in [1.165, 1.54) is 11.8 Å². The lowest BCUT2D eigenvalue weighted by Gasteiger charge is -2.18. The molecule has 1 fully saturated rings. The summed E-state index contributed by atoms with van der Waals surface area (Å²) in [5.41, 5.74) is 1.71. The maximum atomic E-state index is 13.1. The van der Waals surface area contributed by atoms with E-state index in [1.807, 2.05) is 54.6 Å². The average Bonchev–Trinajstić information content (AvgIpc) is 3.03. The van der Waals surface area contributed by atoms with Crippen LogP contribution in [0.1, 0.15) is 12.0 Å². The van der Waals surface area contributed by atoms with Crippen LogP contribution in [0.4, 0.5) is 5.69 Å². The second-order valence-corrected chi connectivity index (χ2v) is 7.56. The Labute approximate surface area is 174 Å². The van der Waals surface area contributed by atoms with Crippen LogP contribution in [0, 0.1) is 0 Å². The number of hydrogen-bond donors (Lipinski definition) is 0. The largest absolute Gasteiger partial charge is 0.486 e. The number of carbonyl (C=O) groups excluding carboxylic acids is 1. The van der Waals surface area contributed by atoms with E-state index in [1.54, 1.807) is 12.0 Å². The summed E-state index contributed by atoms with van der Waals surface area (Å²) in [5, 5.41) is 0.682.